The van der Waals surface area contributed by atoms with Crippen molar-refractivity contribution in [1.82, 2.24) is 5.32 Å². The van der Waals surface area contributed by atoms with Crippen molar-refractivity contribution in [3.63, 3.8) is 0 Å². The summed E-state index contributed by atoms with van der Waals surface area (Å²) in [7, 11) is 0. The summed E-state index contributed by atoms with van der Waals surface area (Å²) in [4.78, 5) is 21.6. The lowest BCUT2D eigenvalue weighted by Crippen LogP contribution is -2.22. The summed E-state index contributed by atoms with van der Waals surface area (Å²) < 4.78 is 0. The quantitative estimate of drug-likeness (QED) is 0.571. The van der Waals surface area contributed by atoms with Crippen LogP contribution in [-0.4, -0.2) is 23.0 Å². The second kappa shape index (κ2) is 3.49. The van der Waals surface area contributed by atoms with Crippen LogP contribution in [-0.2, 0) is 9.59 Å². The molecule has 2 N–H and O–H groups in total. The summed E-state index contributed by atoms with van der Waals surface area (Å²) in [5, 5.41) is 11.1. The molecule has 66 valence electrons. The summed E-state index contributed by atoms with van der Waals surface area (Å²) in [5.41, 5.74) is 0.459. The summed E-state index contributed by atoms with van der Waals surface area (Å²) in [5.74, 6) is -0.693. The number of amides is 2. The van der Waals surface area contributed by atoms with Gasteiger partial charge in [-0.3, -0.25) is 14.9 Å². The van der Waals surface area contributed by atoms with Gasteiger partial charge in [0.25, 0.3) is 11.8 Å². The summed E-state index contributed by atoms with van der Waals surface area (Å²) in [6, 6.07) is 0. The molecule has 1 aliphatic heterocycles. The molecule has 1 atom stereocenters. The standard InChI is InChI=1S/C8H11NO3/c1-5(10)2-3-6-4-7(11)9-8(6)12/h4-5,10H,2-3H2,1H3,(H,9,11,12). The Kier molecular flexibility index (Phi) is 2.60. The maximum Gasteiger partial charge on any atom is 0.254 e. The molecule has 1 aliphatic rings. The number of carbonyl (C=O) groups excluding carboxylic acids is 2. The molecule has 0 saturated carbocycles. The van der Waals surface area contributed by atoms with Gasteiger partial charge in [0.1, 0.15) is 0 Å². The van der Waals surface area contributed by atoms with Crippen LogP contribution in [0.15, 0.2) is 11.6 Å². The van der Waals surface area contributed by atoms with Gasteiger partial charge in [-0.2, -0.15) is 0 Å². The molecule has 4 heteroatoms. The highest BCUT2D eigenvalue weighted by molar-refractivity contribution is 6.16. The summed E-state index contributed by atoms with van der Waals surface area (Å²) >= 11 is 0. The van der Waals surface area contributed by atoms with Crippen molar-refractivity contribution in [3.05, 3.63) is 11.6 Å². The first-order chi connectivity index (χ1) is 5.59. The van der Waals surface area contributed by atoms with E-state index in [0.717, 1.165) is 0 Å². The topological polar surface area (TPSA) is 66.4 Å². The van der Waals surface area contributed by atoms with E-state index in [-0.39, 0.29) is 11.8 Å². The Hall–Kier alpha value is -1.16. The predicted octanol–water partition coefficient (Wildman–Crippen LogP) is -0.270. The van der Waals surface area contributed by atoms with Gasteiger partial charge in [0.15, 0.2) is 0 Å². The Labute approximate surface area is 70.3 Å². The lowest BCUT2D eigenvalue weighted by Gasteiger charge is -2.02. The smallest absolute Gasteiger partial charge is 0.254 e. The zero-order valence-electron chi connectivity index (χ0n) is 6.83. The monoisotopic (exact) mass is 169 g/mol. The fourth-order valence-electron chi connectivity index (χ4n) is 1.00. The molecule has 1 rings (SSSR count). The molecule has 0 fully saturated rings. The van der Waals surface area contributed by atoms with Crippen molar-refractivity contribution >= 4 is 11.8 Å². The molecule has 0 saturated heterocycles. The zero-order chi connectivity index (χ0) is 9.14. The molecule has 4 nitrogen and oxygen atoms in total. The molecular weight excluding hydrogens is 158 g/mol. The molecule has 0 bridgehead atoms. The number of nitrogens with one attached hydrogen (secondary N) is 1. The summed E-state index contributed by atoms with van der Waals surface area (Å²) in [6.07, 6.45) is 1.81. The average molecular weight is 169 g/mol. The minimum absolute atomic E-state index is 0.333. The predicted molar refractivity (Wildman–Crippen MR) is 42.1 cm³/mol. The first-order valence-electron chi connectivity index (χ1n) is 3.83. The second-order valence-electron chi connectivity index (χ2n) is 2.88. The molecule has 2 amide bonds. The molecule has 0 radical (unpaired) electrons. The SMILES string of the molecule is CC(O)CCC1=CC(=O)NC1=O. The maximum absolute atomic E-state index is 10.9. The Morgan fingerprint density at radius 3 is 2.67 bits per heavy atom. The van der Waals surface area contributed by atoms with Gasteiger partial charge in [-0.05, 0) is 19.8 Å². The van der Waals surface area contributed by atoms with Crippen molar-refractivity contribution < 1.29 is 14.7 Å². The number of carbonyl (C=O) groups is 2. The lowest BCUT2D eigenvalue weighted by atomic mass is 10.1. The molecule has 0 aromatic rings. The van der Waals surface area contributed by atoms with E-state index in [1.165, 1.54) is 6.08 Å². The number of imide groups is 1. The van der Waals surface area contributed by atoms with E-state index in [1.807, 2.05) is 0 Å². The first-order valence-corrected chi connectivity index (χ1v) is 3.83. The number of hydrogen-bond donors (Lipinski definition) is 2. The van der Waals surface area contributed by atoms with Crippen molar-refractivity contribution in [1.29, 1.82) is 0 Å². The van der Waals surface area contributed by atoms with Gasteiger partial charge < -0.3 is 5.11 Å². The Morgan fingerprint density at radius 1 is 1.58 bits per heavy atom. The Balaban J connectivity index is 2.47. The van der Waals surface area contributed by atoms with Gasteiger partial charge in [-0.15, -0.1) is 0 Å². The van der Waals surface area contributed by atoms with E-state index in [1.54, 1.807) is 6.92 Å². The molecule has 12 heavy (non-hydrogen) atoms. The number of aliphatic hydroxyl groups excluding tert-OH is 1. The van der Waals surface area contributed by atoms with Gasteiger partial charge in [0.2, 0.25) is 0 Å². The highest BCUT2D eigenvalue weighted by atomic mass is 16.3. The maximum atomic E-state index is 10.9. The molecular formula is C8H11NO3. The molecule has 0 aliphatic carbocycles. The Morgan fingerprint density at radius 2 is 2.25 bits per heavy atom. The van der Waals surface area contributed by atoms with Crippen molar-refractivity contribution in [2.75, 3.05) is 0 Å². The van der Waals surface area contributed by atoms with Gasteiger partial charge in [-0.1, -0.05) is 0 Å². The third-order valence-corrected chi connectivity index (χ3v) is 1.67. The van der Waals surface area contributed by atoms with Crippen LogP contribution < -0.4 is 5.32 Å². The van der Waals surface area contributed by atoms with Gasteiger partial charge in [-0.25, -0.2) is 0 Å². The fourth-order valence-corrected chi connectivity index (χ4v) is 1.00. The molecule has 0 spiro atoms. The largest absolute Gasteiger partial charge is 0.393 e. The van der Waals surface area contributed by atoms with E-state index in [4.69, 9.17) is 5.11 Å². The number of aliphatic hydroxyl groups is 1. The third kappa shape index (κ3) is 2.17. The number of hydrogen-bond acceptors (Lipinski definition) is 3. The van der Waals surface area contributed by atoms with E-state index < -0.39 is 6.10 Å². The van der Waals surface area contributed by atoms with Crippen LogP contribution in [0.5, 0.6) is 0 Å². The van der Waals surface area contributed by atoms with Crippen molar-refractivity contribution in [2.24, 2.45) is 0 Å². The van der Waals surface area contributed by atoms with Crippen LogP contribution in [0.4, 0.5) is 0 Å². The third-order valence-electron chi connectivity index (χ3n) is 1.67. The van der Waals surface area contributed by atoms with Crippen molar-refractivity contribution in [2.45, 2.75) is 25.9 Å². The van der Waals surface area contributed by atoms with Gasteiger partial charge in [0.05, 0.1) is 6.10 Å². The molecule has 0 aromatic heterocycles. The van der Waals surface area contributed by atoms with Crippen LogP contribution in [0.1, 0.15) is 19.8 Å². The van der Waals surface area contributed by atoms with Crippen LogP contribution in [0.3, 0.4) is 0 Å². The fraction of sp³-hybridized carbons (Fsp3) is 0.500. The minimum atomic E-state index is -0.436. The average Bonchev–Trinajstić information content (AvgIpc) is 2.26. The van der Waals surface area contributed by atoms with Crippen LogP contribution in [0.2, 0.25) is 0 Å². The van der Waals surface area contributed by atoms with E-state index in [0.29, 0.717) is 18.4 Å². The lowest BCUT2D eigenvalue weighted by molar-refractivity contribution is -0.123. The zero-order valence-corrected chi connectivity index (χ0v) is 6.83. The summed E-state index contributed by atoms with van der Waals surface area (Å²) in [6.45, 7) is 1.65. The number of rotatable bonds is 3. The van der Waals surface area contributed by atoms with Crippen LogP contribution >= 0.6 is 0 Å². The highest BCUT2D eigenvalue weighted by Crippen LogP contribution is 2.11. The molecule has 1 unspecified atom stereocenters. The Bertz CT molecular complexity index is 243. The normalized spacial score (nSPS) is 19.0. The van der Waals surface area contributed by atoms with E-state index in [2.05, 4.69) is 5.32 Å². The first kappa shape index (κ1) is 8.93. The molecule has 0 aromatic carbocycles. The van der Waals surface area contributed by atoms with Crippen molar-refractivity contribution in [3.8, 4) is 0 Å². The minimum Gasteiger partial charge on any atom is -0.393 e. The van der Waals surface area contributed by atoms with Crippen LogP contribution in [0.25, 0.3) is 0 Å². The van der Waals surface area contributed by atoms with E-state index in [9.17, 15) is 9.59 Å². The second-order valence-corrected chi connectivity index (χ2v) is 2.88. The van der Waals surface area contributed by atoms with Gasteiger partial charge >= 0.3 is 0 Å². The van der Waals surface area contributed by atoms with Crippen LogP contribution in [0, 0.1) is 0 Å². The van der Waals surface area contributed by atoms with E-state index >= 15 is 0 Å². The highest BCUT2D eigenvalue weighted by Gasteiger charge is 2.20. The van der Waals surface area contributed by atoms with Gasteiger partial charge in [0, 0.05) is 11.6 Å². The molecule has 1 heterocycles.